The van der Waals surface area contributed by atoms with Crippen LogP contribution in [0.5, 0.6) is 11.5 Å². The third-order valence-electron chi connectivity index (χ3n) is 4.47. The van der Waals surface area contributed by atoms with Crippen molar-refractivity contribution in [2.75, 3.05) is 67.4 Å². The zero-order valence-electron chi connectivity index (χ0n) is 19.6. The number of anilines is 1. The Bertz CT molecular complexity index is 843. The molecule has 2 aromatic carbocycles. The van der Waals surface area contributed by atoms with Crippen molar-refractivity contribution in [3.05, 3.63) is 42.5 Å². The Kier molecular flexibility index (Phi) is 10.1. The summed E-state index contributed by atoms with van der Waals surface area (Å²) in [4.78, 5) is 11.9. The Hall–Kier alpha value is -2.04. The molecule has 0 bridgehead atoms. The summed E-state index contributed by atoms with van der Waals surface area (Å²) in [5.41, 5.74) is 2.81. The molecule has 0 heterocycles. The van der Waals surface area contributed by atoms with Gasteiger partial charge in [-0.3, -0.25) is 14.3 Å². The van der Waals surface area contributed by atoms with E-state index in [9.17, 15) is 4.79 Å². The molecular formula is C23H35IN3O4+. The number of ether oxygens (including phenoxy) is 3. The van der Waals surface area contributed by atoms with Crippen LogP contribution in [0.15, 0.2) is 42.5 Å². The zero-order chi connectivity index (χ0) is 22.4. The van der Waals surface area contributed by atoms with E-state index in [1.165, 1.54) is 5.69 Å². The first-order valence-corrected chi connectivity index (χ1v) is 10.1. The van der Waals surface area contributed by atoms with E-state index >= 15 is 0 Å². The number of carbonyl (C=O) groups excluding carboxylic acids is 1. The van der Waals surface area contributed by atoms with Crippen LogP contribution in [0.4, 0.5) is 21.9 Å². The van der Waals surface area contributed by atoms with E-state index in [0.29, 0.717) is 35.7 Å². The molecule has 0 unspecified atom stereocenters. The molecule has 0 aliphatic heterocycles. The van der Waals surface area contributed by atoms with E-state index in [-0.39, 0.29) is 24.0 Å². The predicted octanol–water partition coefficient (Wildman–Crippen LogP) is 1.11. The number of hydrogen-bond donors (Lipinski definition) is 1. The molecule has 7 nitrogen and oxygen atoms in total. The van der Waals surface area contributed by atoms with Gasteiger partial charge in [-0.05, 0) is 25.1 Å². The molecule has 0 aliphatic carbocycles. The largest absolute Gasteiger partial charge is 1.00 e. The molecule has 0 fully saturated rings. The minimum atomic E-state index is -0.505. The number of carbonyl (C=O) groups is 1. The van der Waals surface area contributed by atoms with Crippen LogP contribution in [0.2, 0.25) is 0 Å². The molecule has 2 aromatic rings. The third-order valence-corrected chi connectivity index (χ3v) is 4.47. The van der Waals surface area contributed by atoms with Gasteiger partial charge in [0.25, 0.3) is 0 Å². The van der Waals surface area contributed by atoms with Crippen molar-refractivity contribution in [3.8, 4) is 11.5 Å². The van der Waals surface area contributed by atoms with Gasteiger partial charge in [-0.15, -0.1) is 0 Å². The van der Waals surface area contributed by atoms with Crippen molar-refractivity contribution < 1.29 is 43.0 Å². The maximum atomic E-state index is 11.9. The second-order valence-corrected chi connectivity index (χ2v) is 8.74. The fraction of sp³-hybridized carbons (Fsp3) is 0.435. The summed E-state index contributed by atoms with van der Waals surface area (Å²) in [6.07, 6.45) is -0.505. The number of halogens is 1. The number of nitrogens with one attached hydrogen (secondary N) is 1. The molecule has 0 saturated heterocycles. The molecule has 0 aliphatic rings. The van der Waals surface area contributed by atoms with Crippen LogP contribution in [0, 0.1) is 0 Å². The summed E-state index contributed by atoms with van der Waals surface area (Å²) in [6.45, 7) is 2.81. The number of amides is 1. The average Bonchev–Trinajstić information content (AvgIpc) is 2.65. The molecule has 0 radical (unpaired) electrons. The number of hydrogen-bond acceptors (Lipinski definition) is 4. The highest BCUT2D eigenvalue weighted by Gasteiger charge is 2.17. The topological polar surface area (TPSA) is 56.8 Å². The molecule has 0 atom stereocenters. The highest BCUT2D eigenvalue weighted by Crippen LogP contribution is 2.31. The molecule has 1 amide bonds. The van der Waals surface area contributed by atoms with E-state index in [0.717, 1.165) is 15.9 Å². The van der Waals surface area contributed by atoms with Gasteiger partial charge in [0.05, 0.1) is 54.6 Å². The molecule has 0 aromatic heterocycles. The van der Waals surface area contributed by atoms with Crippen LogP contribution < -0.4 is 47.7 Å². The van der Waals surface area contributed by atoms with E-state index in [4.69, 9.17) is 14.2 Å². The van der Waals surface area contributed by atoms with Crippen molar-refractivity contribution in [1.29, 1.82) is 0 Å². The number of rotatable bonds is 9. The summed E-state index contributed by atoms with van der Waals surface area (Å²) < 4.78 is 18.0. The second kappa shape index (κ2) is 11.5. The van der Waals surface area contributed by atoms with E-state index < -0.39 is 6.09 Å². The van der Waals surface area contributed by atoms with E-state index in [2.05, 4.69) is 59.7 Å². The SMILES string of the molecule is CCOC(=O)Nc1cc([N+](C)(C)C)ccc1OCCOc1ccc([N+](C)(C)C)cc1.[I-]. The molecule has 0 spiro atoms. The predicted molar refractivity (Wildman–Crippen MR) is 124 cm³/mol. The summed E-state index contributed by atoms with van der Waals surface area (Å²) in [5, 5.41) is 2.76. The van der Waals surface area contributed by atoms with Gasteiger partial charge in [0.1, 0.15) is 36.1 Å². The molecular weight excluding hydrogens is 509 g/mol. The highest BCUT2D eigenvalue weighted by atomic mass is 127. The molecule has 31 heavy (non-hydrogen) atoms. The van der Waals surface area contributed by atoms with Gasteiger partial charge >= 0.3 is 6.09 Å². The van der Waals surface area contributed by atoms with Crippen molar-refractivity contribution in [3.63, 3.8) is 0 Å². The van der Waals surface area contributed by atoms with Gasteiger partial charge in [-0.25, -0.2) is 4.79 Å². The minimum Gasteiger partial charge on any atom is -1.00 e. The van der Waals surface area contributed by atoms with Gasteiger partial charge in [-0.2, -0.15) is 0 Å². The van der Waals surface area contributed by atoms with Crippen LogP contribution in [0.3, 0.4) is 0 Å². The summed E-state index contributed by atoms with van der Waals surface area (Å²) in [7, 11) is 12.5. The third kappa shape index (κ3) is 8.54. The average molecular weight is 544 g/mol. The lowest BCUT2D eigenvalue weighted by molar-refractivity contribution is -0.0000129. The van der Waals surface area contributed by atoms with E-state index in [1.54, 1.807) is 6.92 Å². The Morgan fingerprint density at radius 2 is 1.39 bits per heavy atom. The maximum Gasteiger partial charge on any atom is 0.411 e. The number of nitrogens with zero attached hydrogens (tertiary/aromatic N) is 2. The van der Waals surface area contributed by atoms with Crippen LogP contribution >= 0.6 is 0 Å². The summed E-state index contributed by atoms with van der Waals surface area (Å²) in [5.74, 6) is 1.37. The lowest BCUT2D eigenvalue weighted by Crippen LogP contribution is -3.00. The van der Waals surface area contributed by atoms with Crippen molar-refractivity contribution in [2.24, 2.45) is 0 Å². The molecule has 8 heteroatoms. The van der Waals surface area contributed by atoms with Crippen molar-refractivity contribution >= 4 is 23.2 Å². The fourth-order valence-electron chi connectivity index (χ4n) is 2.74. The van der Waals surface area contributed by atoms with Crippen molar-refractivity contribution in [2.45, 2.75) is 6.92 Å². The van der Waals surface area contributed by atoms with Gasteiger partial charge in [0.15, 0.2) is 0 Å². The number of benzene rings is 2. The first-order valence-electron chi connectivity index (χ1n) is 10.1. The van der Waals surface area contributed by atoms with Gasteiger partial charge < -0.3 is 38.2 Å². The Morgan fingerprint density at radius 3 is 1.94 bits per heavy atom. The van der Waals surface area contributed by atoms with Gasteiger partial charge in [-0.1, -0.05) is 0 Å². The van der Waals surface area contributed by atoms with Crippen LogP contribution in [-0.2, 0) is 4.74 Å². The zero-order valence-corrected chi connectivity index (χ0v) is 21.7. The standard InChI is InChI=1S/C23H34N3O4.HI/c1-8-28-23(27)24-21-17-19(26(5,6)7)11-14-22(21)30-16-15-29-20-12-9-18(10-13-20)25(2,3)4;/h9-14,17H,8,15-16H2,1-7H3;1H/q+1;. The first kappa shape index (κ1) is 27.0. The van der Waals surface area contributed by atoms with Crippen LogP contribution in [0.1, 0.15) is 6.92 Å². The van der Waals surface area contributed by atoms with Crippen LogP contribution in [0.25, 0.3) is 0 Å². The number of quaternary nitrogens is 2. The lowest BCUT2D eigenvalue weighted by atomic mass is 10.2. The van der Waals surface area contributed by atoms with Crippen molar-refractivity contribution in [1.82, 2.24) is 8.97 Å². The quantitative estimate of drug-likeness (QED) is 0.292. The van der Waals surface area contributed by atoms with Crippen LogP contribution in [-0.4, -0.2) is 68.2 Å². The fourth-order valence-corrected chi connectivity index (χ4v) is 2.74. The maximum absolute atomic E-state index is 11.9. The Labute approximate surface area is 203 Å². The van der Waals surface area contributed by atoms with Gasteiger partial charge in [0, 0.05) is 24.3 Å². The second-order valence-electron chi connectivity index (χ2n) is 8.74. The van der Waals surface area contributed by atoms with Gasteiger partial charge in [0.2, 0.25) is 0 Å². The molecule has 172 valence electrons. The first-order chi connectivity index (χ1) is 14.0. The highest BCUT2D eigenvalue weighted by molar-refractivity contribution is 5.87. The Balaban J connectivity index is 0.00000480. The van der Waals surface area contributed by atoms with E-state index in [1.807, 2.05) is 30.3 Å². The monoisotopic (exact) mass is 544 g/mol. The molecule has 2 rings (SSSR count). The lowest BCUT2D eigenvalue weighted by Gasteiger charge is -2.24. The normalized spacial score (nSPS) is 11.3. The Morgan fingerprint density at radius 1 is 0.839 bits per heavy atom. The minimum absolute atomic E-state index is 0. The summed E-state index contributed by atoms with van der Waals surface area (Å²) in [6, 6.07) is 13.8. The smallest absolute Gasteiger partial charge is 0.411 e. The summed E-state index contributed by atoms with van der Waals surface area (Å²) >= 11 is 0. The molecule has 1 N–H and O–H groups in total. The molecule has 0 saturated carbocycles.